The lowest BCUT2D eigenvalue weighted by atomic mass is 9.72. The molecule has 2 aliphatic rings. The molecule has 1 fully saturated rings. The topological polar surface area (TPSA) is 55.5 Å². The van der Waals surface area contributed by atoms with E-state index in [4.69, 9.17) is 10.5 Å². The molecule has 0 aliphatic heterocycles. The van der Waals surface area contributed by atoms with E-state index in [1.165, 1.54) is 36.8 Å². The van der Waals surface area contributed by atoms with Gasteiger partial charge in [-0.2, -0.15) is 0 Å². The molecule has 0 radical (unpaired) electrons. The van der Waals surface area contributed by atoms with E-state index in [9.17, 15) is 5.11 Å². The third kappa shape index (κ3) is 4.43. The molecular weight excluding hydrogens is 322 g/mol. The Bertz CT molecular complexity index is 609. The first-order valence-corrected chi connectivity index (χ1v) is 10.4. The molecule has 0 bridgehead atoms. The molecule has 0 saturated heterocycles. The molecule has 2 atom stereocenters. The van der Waals surface area contributed by atoms with Gasteiger partial charge in [0.1, 0.15) is 5.75 Å². The van der Waals surface area contributed by atoms with Crippen molar-refractivity contribution < 1.29 is 9.84 Å². The molecule has 0 aromatic heterocycles. The third-order valence-corrected chi connectivity index (χ3v) is 6.88. The molecule has 146 valence electrons. The predicted molar refractivity (Wildman–Crippen MR) is 107 cm³/mol. The van der Waals surface area contributed by atoms with Crippen molar-refractivity contribution in [1.82, 2.24) is 0 Å². The fourth-order valence-electron chi connectivity index (χ4n) is 4.74. The van der Waals surface area contributed by atoms with Crippen LogP contribution >= 0.6 is 0 Å². The molecule has 3 nitrogen and oxygen atoms in total. The molecule has 1 saturated carbocycles. The monoisotopic (exact) mass is 359 g/mol. The Morgan fingerprint density at radius 2 is 1.69 bits per heavy atom. The second kappa shape index (κ2) is 7.52. The van der Waals surface area contributed by atoms with Crippen molar-refractivity contribution in [3.8, 4) is 5.75 Å². The molecule has 1 aromatic rings. The predicted octanol–water partition coefficient (Wildman–Crippen LogP) is 4.48. The zero-order valence-electron chi connectivity index (χ0n) is 17.1. The molecule has 26 heavy (non-hydrogen) atoms. The number of aliphatic hydroxyl groups is 1. The number of benzene rings is 1. The maximum absolute atomic E-state index is 9.54. The number of nitrogens with two attached hydrogens (primary N) is 1. The molecule has 0 amide bonds. The maximum Gasteiger partial charge on any atom is 0.120 e. The van der Waals surface area contributed by atoms with Gasteiger partial charge in [0.2, 0.25) is 0 Å². The standard InChI is InChI=1S/C23H37NO2/c1-22(2,3)18-8-11-20(12-9-18)26-21-10-6-16-13-19(23(4,24)15-25)7-5-17(16)14-21/h6,10,14,18-20,25H,5,7-9,11-13,15,24H2,1-4H3/t18-,19-,20-,23-/m1/s1. The van der Waals surface area contributed by atoms with E-state index >= 15 is 0 Å². The second-order valence-corrected chi connectivity index (χ2v) is 9.99. The van der Waals surface area contributed by atoms with Gasteiger partial charge in [0.05, 0.1) is 12.7 Å². The van der Waals surface area contributed by atoms with Crippen molar-refractivity contribution in [2.45, 2.75) is 84.3 Å². The number of hydrogen-bond acceptors (Lipinski definition) is 3. The summed E-state index contributed by atoms with van der Waals surface area (Å²) in [6, 6.07) is 6.59. The molecule has 0 spiro atoms. The van der Waals surface area contributed by atoms with Crippen molar-refractivity contribution in [2.75, 3.05) is 6.61 Å². The third-order valence-electron chi connectivity index (χ3n) is 6.88. The molecule has 1 aromatic carbocycles. The highest BCUT2D eigenvalue weighted by atomic mass is 16.5. The van der Waals surface area contributed by atoms with Gasteiger partial charge in [-0.05, 0) is 92.4 Å². The Hall–Kier alpha value is -1.06. The Morgan fingerprint density at radius 3 is 2.31 bits per heavy atom. The molecule has 3 N–H and O–H groups in total. The van der Waals surface area contributed by atoms with E-state index in [-0.39, 0.29) is 6.61 Å². The Kier molecular flexibility index (Phi) is 5.69. The van der Waals surface area contributed by atoms with Gasteiger partial charge < -0.3 is 15.6 Å². The van der Waals surface area contributed by atoms with Crippen molar-refractivity contribution in [2.24, 2.45) is 23.0 Å². The summed E-state index contributed by atoms with van der Waals surface area (Å²) in [6.07, 6.45) is 8.28. The van der Waals surface area contributed by atoms with Crippen molar-refractivity contribution >= 4 is 0 Å². The zero-order chi connectivity index (χ0) is 18.9. The van der Waals surface area contributed by atoms with Gasteiger partial charge in [0.25, 0.3) is 0 Å². The SMILES string of the molecule is CC(C)(C)[C@H]1CC[C@H](Oc2ccc3c(c2)CC[C@@H]([C@](C)(N)CO)C3)CC1. The first-order valence-electron chi connectivity index (χ1n) is 10.4. The summed E-state index contributed by atoms with van der Waals surface area (Å²) in [7, 11) is 0. The van der Waals surface area contributed by atoms with E-state index in [1.807, 2.05) is 6.92 Å². The summed E-state index contributed by atoms with van der Waals surface area (Å²) in [5.74, 6) is 2.19. The summed E-state index contributed by atoms with van der Waals surface area (Å²) in [6.45, 7) is 9.09. The summed E-state index contributed by atoms with van der Waals surface area (Å²) in [5, 5.41) is 9.54. The number of aryl methyl sites for hydroxylation is 1. The minimum absolute atomic E-state index is 0.0471. The quantitative estimate of drug-likeness (QED) is 0.833. The number of fused-ring (bicyclic) bond motifs is 1. The normalized spacial score (nSPS) is 28.9. The van der Waals surface area contributed by atoms with Crippen LogP contribution in [0.1, 0.15) is 70.9 Å². The molecule has 2 aliphatic carbocycles. The van der Waals surface area contributed by atoms with E-state index in [2.05, 4.69) is 39.0 Å². The Morgan fingerprint density at radius 1 is 1.00 bits per heavy atom. The fraction of sp³-hybridized carbons (Fsp3) is 0.739. The van der Waals surface area contributed by atoms with E-state index in [1.54, 1.807) is 0 Å². The Labute approximate surface area is 159 Å². The summed E-state index contributed by atoms with van der Waals surface area (Å²) >= 11 is 0. The average molecular weight is 360 g/mol. The van der Waals surface area contributed by atoms with Crippen LogP contribution < -0.4 is 10.5 Å². The highest BCUT2D eigenvalue weighted by Gasteiger charge is 2.33. The Balaban J connectivity index is 1.59. The van der Waals surface area contributed by atoms with Gasteiger partial charge in [-0.1, -0.05) is 26.8 Å². The maximum atomic E-state index is 9.54. The van der Waals surface area contributed by atoms with Crippen LogP contribution in [0.4, 0.5) is 0 Å². The smallest absolute Gasteiger partial charge is 0.120 e. The highest BCUT2D eigenvalue weighted by Crippen LogP contribution is 2.39. The van der Waals surface area contributed by atoms with Crippen molar-refractivity contribution in [1.29, 1.82) is 0 Å². The van der Waals surface area contributed by atoms with Gasteiger partial charge in [-0.15, -0.1) is 0 Å². The average Bonchev–Trinajstić information content (AvgIpc) is 2.61. The molecule has 0 unspecified atom stereocenters. The van der Waals surface area contributed by atoms with E-state index in [0.29, 0.717) is 17.4 Å². The van der Waals surface area contributed by atoms with Gasteiger partial charge in [-0.25, -0.2) is 0 Å². The minimum atomic E-state index is -0.488. The highest BCUT2D eigenvalue weighted by molar-refractivity contribution is 5.38. The van der Waals surface area contributed by atoms with Crippen molar-refractivity contribution in [3.63, 3.8) is 0 Å². The van der Waals surface area contributed by atoms with Crippen LogP contribution in [-0.4, -0.2) is 23.4 Å². The number of aliphatic hydroxyl groups excluding tert-OH is 1. The summed E-state index contributed by atoms with van der Waals surface area (Å²) < 4.78 is 6.33. The van der Waals surface area contributed by atoms with E-state index < -0.39 is 5.54 Å². The van der Waals surface area contributed by atoms with Gasteiger partial charge in [0.15, 0.2) is 0 Å². The van der Waals surface area contributed by atoms with Crippen LogP contribution in [0.5, 0.6) is 5.75 Å². The number of hydrogen-bond donors (Lipinski definition) is 2. The fourth-order valence-corrected chi connectivity index (χ4v) is 4.74. The largest absolute Gasteiger partial charge is 0.490 e. The minimum Gasteiger partial charge on any atom is -0.490 e. The van der Waals surface area contributed by atoms with Crippen LogP contribution in [-0.2, 0) is 12.8 Å². The van der Waals surface area contributed by atoms with Crippen LogP contribution in [0.25, 0.3) is 0 Å². The lowest BCUT2D eigenvalue weighted by molar-refractivity contribution is 0.0880. The van der Waals surface area contributed by atoms with Gasteiger partial charge in [0, 0.05) is 5.54 Å². The summed E-state index contributed by atoms with van der Waals surface area (Å²) in [4.78, 5) is 0. The zero-order valence-corrected chi connectivity index (χ0v) is 17.1. The van der Waals surface area contributed by atoms with Gasteiger partial charge in [-0.3, -0.25) is 0 Å². The number of rotatable bonds is 4. The lowest BCUT2D eigenvalue weighted by Gasteiger charge is -2.37. The number of ether oxygens (including phenoxy) is 1. The van der Waals surface area contributed by atoms with Crippen LogP contribution in [0.15, 0.2) is 18.2 Å². The van der Waals surface area contributed by atoms with Crippen LogP contribution in [0.3, 0.4) is 0 Å². The molecule has 3 rings (SSSR count). The molecule has 0 heterocycles. The van der Waals surface area contributed by atoms with Crippen LogP contribution in [0.2, 0.25) is 0 Å². The first-order chi connectivity index (χ1) is 12.2. The lowest BCUT2D eigenvalue weighted by Crippen LogP contribution is -2.49. The van der Waals surface area contributed by atoms with Crippen LogP contribution in [0, 0.1) is 17.3 Å². The van der Waals surface area contributed by atoms with Crippen molar-refractivity contribution in [3.05, 3.63) is 29.3 Å². The summed E-state index contributed by atoms with van der Waals surface area (Å²) in [5.41, 5.74) is 8.97. The first kappa shape index (κ1) is 19.7. The molecule has 3 heteroatoms. The second-order valence-electron chi connectivity index (χ2n) is 9.99. The molecular formula is C23H37NO2. The van der Waals surface area contributed by atoms with Gasteiger partial charge >= 0.3 is 0 Å². The van der Waals surface area contributed by atoms with E-state index in [0.717, 1.165) is 30.9 Å².